The monoisotopic (exact) mass is 573 g/mol. The van der Waals surface area contributed by atoms with E-state index in [4.69, 9.17) is 35.5 Å². The Balaban J connectivity index is 1.69. The number of hydrogen-bond donors (Lipinski definition) is 8. The van der Waals surface area contributed by atoms with Crippen LogP contribution in [0.4, 0.5) is 5.95 Å². The van der Waals surface area contributed by atoms with Crippen LogP contribution in [-0.4, -0.2) is 102 Å². The van der Waals surface area contributed by atoms with E-state index in [0.717, 1.165) is 20.3 Å². The zero-order valence-corrected chi connectivity index (χ0v) is 21.1. The third kappa shape index (κ3) is 7.61. The quantitative estimate of drug-likeness (QED) is 0.0806. The van der Waals surface area contributed by atoms with Crippen molar-refractivity contribution in [1.29, 1.82) is 0 Å². The van der Waals surface area contributed by atoms with E-state index in [9.17, 15) is 29.0 Å². The molecule has 37 heavy (non-hydrogen) atoms. The van der Waals surface area contributed by atoms with Gasteiger partial charge in [0.15, 0.2) is 17.4 Å². The number of aliphatic hydroxyl groups is 2. The predicted octanol–water partition coefficient (Wildman–Crippen LogP) is -3.41. The van der Waals surface area contributed by atoms with Crippen LogP contribution in [0.3, 0.4) is 0 Å². The van der Waals surface area contributed by atoms with Crippen molar-refractivity contribution in [3.8, 4) is 0 Å². The lowest BCUT2D eigenvalue weighted by molar-refractivity contribution is -0.0486. The topological polar surface area (TPSA) is 289 Å². The summed E-state index contributed by atoms with van der Waals surface area (Å²) in [7, 11) is -10.1. The highest BCUT2D eigenvalue weighted by Gasteiger charge is 2.45. The highest BCUT2D eigenvalue weighted by Crippen LogP contribution is 2.49. The lowest BCUT2D eigenvalue weighted by atomic mass is 10.1. The zero-order valence-electron chi connectivity index (χ0n) is 19.3. The molecule has 1 fully saturated rings. The molecule has 2 unspecified atom stereocenters. The van der Waals surface area contributed by atoms with Gasteiger partial charge in [-0.25, -0.2) is 14.1 Å². The fourth-order valence-electron chi connectivity index (χ4n) is 3.45. The summed E-state index contributed by atoms with van der Waals surface area (Å²) in [4.78, 5) is 49.2. The van der Waals surface area contributed by atoms with Gasteiger partial charge in [0, 0.05) is 6.54 Å². The van der Waals surface area contributed by atoms with E-state index in [1.54, 1.807) is 0 Å². The Labute approximate surface area is 208 Å². The van der Waals surface area contributed by atoms with E-state index >= 15 is 0 Å². The number of nitrogens with two attached hydrogens (primary N) is 2. The third-order valence-corrected chi connectivity index (χ3v) is 7.64. The van der Waals surface area contributed by atoms with E-state index in [0.29, 0.717) is 19.8 Å². The second-order valence-corrected chi connectivity index (χ2v) is 11.0. The summed E-state index contributed by atoms with van der Waals surface area (Å²) in [5.41, 5.74) is 10.5. The first kappa shape index (κ1) is 29.7. The molecule has 3 rings (SSSR count). The van der Waals surface area contributed by atoms with Crippen LogP contribution in [0, 0.1) is 0 Å². The maximum Gasteiger partial charge on any atom is 0.412 e. The maximum absolute atomic E-state index is 12.9. The molecule has 1 aliphatic rings. The molecular weight excluding hydrogens is 544 g/mol. The Kier molecular flexibility index (Phi) is 9.92. The number of aromatic nitrogens is 4. The van der Waals surface area contributed by atoms with Gasteiger partial charge >= 0.3 is 15.5 Å². The molecule has 19 nitrogen and oxygen atoms in total. The molecule has 0 radical (unpaired) electrons. The normalized spacial score (nSPS) is 24.1. The summed E-state index contributed by atoms with van der Waals surface area (Å²) >= 11 is 0. The molecule has 2 aromatic rings. The molecule has 10 N–H and O–H groups in total. The van der Waals surface area contributed by atoms with Crippen LogP contribution in [0.15, 0.2) is 11.1 Å². The minimum atomic E-state index is -5.11. The molecule has 1 saturated heterocycles. The van der Waals surface area contributed by atoms with Gasteiger partial charge in [-0.15, -0.1) is 4.86 Å². The Morgan fingerprint density at radius 2 is 1.78 bits per heavy atom. The summed E-state index contributed by atoms with van der Waals surface area (Å²) in [6.45, 7) is 0.782. The average molecular weight is 573 g/mol. The number of ether oxygens (including phenoxy) is 3. The first-order valence-corrected chi connectivity index (χ1v) is 14.0. The molecule has 0 aliphatic carbocycles. The van der Waals surface area contributed by atoms with Gasteiger partial charge in [0.25, 0.3) is 5.56 Å². The second-order valence-electron chi connectivity index (χ2n) is 7.77. The van der Waals surface area contributed by atoms with Crippen molar-refractivity contribution in [2.45, 2.75) is 31.1 Å². The number of nitrogens with zero attached hydrogens (tertiary/aromatic N) is 4. The molecule has 0 bridgehead atoms. The van der Waals surface area contributed by atoms with Gasteiger partial charge < -0.3 is 50.6 Å². The van der Waals surface area contributed by atoms with Gasteiger partial charge in [0.2, 0.25) is 5.95 Å². The summed E-state index contributed by atoms with van der Waals surface area (Å²) in [5.74, 6) is -0.181. The van der Waals surface area contributed by atoms with E-state index in [1.165, 1.54) is 0 Å². The largest absolute Gasteiger partial charge is 0.412 e. The van der Waals surface area contributed by atoms with Crippen molar-refractivity contribution >= 4 is 32.6 Å². The van der Waals surface area contributed by atoms with Gasteiger partial charge in [-0.05, 0) is 0 Å². The lowest BCUT2D eigenvalue weighted by Crippen LogP contribution is -2.34. The summed E-state index contributed by atoms with van der Waals surface area (Å²) in [6.07, 6.45) is -4.91. The second kappa shape index (κ2) is 12.4. The van der Waals surface area contributed by atoms with Gasteiger partial charge in [-0.2, -0.15) is 4.98 Å². The van der Waals surface area contributed by atoms with Gasteiger partial charge in [-0.1, -0.05) is 0 Å². The molecular formula is C16H29N7O12P2. The van der Waals surface area contributed by atoms with Crippen molar-refractivity contribution in [1.82, 2.24) is 24.0 Å². The third-order valence-electron chi connectivity index (χ3n) is 5.09. The first-order valence-electron chi connectivity index (χ1n) is 10.8. The molecule has 2 aromatic heterocycles. The van der Waals surface area contributed by atoms with E-state index < -0.39 is 52.2 Å². The Hall–Kier alpha value is -1.83. The van der Waals surface area contributed by atoms with Crippen molar-refractivity contribution in [2.75, 3.05) is 45.3 Å². The van der Waals surface area contributed by atoms with Gasteiger partial charge in [-0.3, -0.25) is 18.5 Å². The fourth-order valence-corrected chi connectivity index (χ4v) is 5.34. The molecule has 21 heteroatoms. The lowest BCUT2D eigenvalue weighted by Gasteiger charge is -2.18. The minimum Gasteiger partial charge on any atom is -0.387 e. The van der Waals surface area contributed by atoms with Crippen LogP contribution in [-0.2, 0) is 34.4 Å². The molecule has 210 valence electrons. The molecule has 1 aliphatic heterocycles. The number of hydrogen-bond acceptors (Lipinski definition) is 13. The zero-order chi connectivity index (χ0) is 27.4. The summed E-state index contributed by atoms with van der Waals surface area (Å²) < 4.78 is 45.6. The first-order chi connectivity index (χ1) is 17.3. The van der Waals surface area contributed by atoms with Crippen molar-refractivity contribution in [3.05, 3.63) is 16.7 Å². The Morgan fingerprint density at radius 1 is 1.11 bits per heavy atom. The van der Waals surface area contributed by atoms with Gasteiger partial charge in [0.1, 0.15) is 18.3 Å². The molecule has 3 heterocycles. The number of imidazole rings is 1. The summed E-state index contributed by atoms with van der Waals surface area (Å²) in [5, 5.41) is 20.8. The van der Waals surface area contributed by atoms with Crippen LogP contribution in [0.1, 0.15) is 6.23 Å². The highest BCUT2D eigenvalue weighted by atomic mass is 31.3. The minimum absolute atomic E-state index is 0.0660. The van der Waals surface area contributed by atoms with Crippen LogP contribution in [0.5, 0.6) is 0 Å². The van der Waals surface area contributed by atoms with Crippen molar-refractivity contribution in [2.24, 2.45) is 5.73 Å². The van der Waals surface area contributed by atoms with Crippen LogP contribution in [0.25, 0.3) is 11.2 Å². The number of rotatable bonds is 14. The van der Waals surface area contributed by atoms with E-state index in [1.807, 2.05) is 0 Å². The van der Waals surface area contributed by atoms with Crippen LogP contribution < -0.4 is 21.9 Å². The molecule has 0 spiro atoms. The number of anilines is 1. The smallest absolute Gasteiger partial charge is 0.387 e. The SMILES string of the molecule is NCCOCCOCCn1c(N)nc2c(ncn2C2O[C@H](COP(=O)(O)NP(=O)(O)O)[C@@H](O)[C@H]2O)c1=O. The van der Waals surface area contributed by atoms with Crippen molar-refractivity contribution in [3.63, 3.8) is 0 Å². The number of nitrogens with one attached hydrogen (secondary N) is 1. The van der Waals surface area contributed by atoms with Gasteiger partial charge in [0.05, 0.1) is 45.9 Å². The number of nitrogen functional groups attached to an aromatic ring is 1. The van der Waals surface area contributed by atoms with Crippen LogP contribution in [0.2, 0.25) is 0 Å². The highest BCUT2D eigenvalue weighted by molar-refractivity contribution is 7.66. The summed E-state index contributed by atoms with van der Waals surface area (Å²) in [6, 6.07) is 0. The number of aliphatic hydroxyl groups excluding tert-OH is 2. The maximum atomic E-state index is 12.9. The van der Waals surface area contributed by atoms with Crippen molar-refractivity contribution < 1.29 is 52.8 Å². The standard InChI is InChI=1S/C16H29N7O12P2/c17-1-3-32-5-6-33-4-2-22-14(26)10-13(20-16(22)18)23(8-19-10)15-12(25)11(24)9(35-15)7-34-37(30,31)21-36(27,28)29/h8-9,11-12,15,24-25H,1-7,17H2,(H2,18,20)(H4,21,27,28,29,30,31)/t9-,11-,12-,15?/m1/s1. The van der Waals surface area contributed by atoms with E-state index in [2.05, 4.69) is 14.5 Å². The average Bonchev–Trinajstić information content (AvgIpc) is 3.33. The molecule has 0 amide bonds. The predicted molar refractivity (Wildman–Crippen MR) is 124 cm³/mol. The molecule has 0 aromatic carbocycles. The Morgan fingerprint density at radius 3 is 2.43 bits per heavy atom. The fraction of sp³-hybridized carbons (Fsp3) is 0.688. The molecule has 5 atom stereocenters. The van der Waals surface area contributed by atoms with E-state index in [-0.39, 0.29) is 36.9 Å². The van der Waals surface area contributed by atoms with Crippen LogP contribution >= 0.6 is 15.5 Å². The molecule has 0 saturated carbocycles. The number of fused-ring (bicyclic) bond motifs is 1. The Bertz CT molecular complexity index is 1220.